The molecule has 2 aromatic rings. The Bertz CT molecular complexity index is 951. The van der Waals surface area contributed by atoms with Crippen LogP contribution in [-0.2, 0) is 11.3 Å². The van der Waals surface area contributed by atoms with E-state index in [0.717, 1.165) is 23.4 Å². The van der Waals surface area contributed by atoms with E-state index < -0.39 is 5.97 Å². The van der Waals surface area contributed by atoms with Gasteiger partial charge < -0.3 is 14.7 Å². The summed E-state index contributed by atoms with van der Waals surface area (Å²) in [7, 11) is 0. The van der Waals surface area contributed by atoms with E-state index in [1.165, 1.54) is 49.1 Å². The zero-order chi connectivity index (χ0) is 21.4. The quantitative estimate of drug-likeness (QED) is 0.782. The van der Waals surface area contributed by atoms with Crippen LogP contribution in [0.3, 0.4) is 0 Å². The SMILES string of the molecule is O=C(O)c1ccn(C(=O)N2C[C@H]3CC(OCc4cccc(C5CCCC5)c4)C[C@H]3C2)n1. The molecule has 1 aromatic heterocycles. The Morgan fingerprint density at radius 2 is 1.84 bits per heavy atom. The fraction of sp³-hybridized carbons (Fsp3) is 0.542. The molecule has 0 bridgehead atoms. The number of carboxylic acid groups (broad SMARTS) is 1. The summed E-state index contributed by atoms with van der Waals surface area (Å²) in [6, 6.07) is 9.99. The Morgan fingerprint density at radius 3 is 2.52 bits per heavy atom. The number of hydrogen-bond donors (Lipinski definition) is 1. The van der Waals surface area contributed by atoms with Gasteiger partial charge >= 0.3 is 12.0 Å². The van der Waals surface area contributed by atoms with Crippen LogP contribution < -0.4 is 0 Å². The molecule has 3 aliphatic rings. The average Bonchev–Trinajstić information content (AvgIpc) is 3.55. The number of ether oxygens (including phenoxy) is 1. The molecule has 0 radical (unpaired) electrons. The summed E-state index contributed by atoms with van der Waals surface area (Å²) < 4.78 is 7.40. The number of rotatable bonds is 5. The molecule has 7 heteroatoms. The van der Waals surface area contributed by atoms with Gasteiger partial charge in [-0.3, -0.25) is 0 Å². The molecule has 31 heavy (non-hydrogen) atoms. The number of benzene rings is 1. The topological polar surface area (TPSA) is 84.7 Å². The third-order valence-corrected chi connectivity index (χ3v) is 7.25. The largest absolute Gasteiger partial charge is 0.476 e. The smallest absolute Gasteiger partial charge is 0.356 e. The van der Waals surface area contributed by atoms with E-state index in [4.69, 9.17) is 9.84 Å². The minimum absolute atomic E-state index is 0.113. The second kappa shape index (κ2) is 8.46. The molecule has 3 fully saturated rings. The van der Waals surface area contributed by atoms with Gasteiger partial charge in [-0.15, -0.1) is 0 Å². The summed E-state index contributed by atoms with van der Waals surface area (Å²) in [5.41, 5.74) is 2.60. The Hall–Kier alpha value is -2.67. The van der Waals surface area contributed by atoms with Gasteiger partial charge in [-0.25, -0.2) is 9.59 Å². The van der Waals surface area contributed by atoms with Crippen molar-refractivity contribution in [2.45, 2.75) is 57.2 Å². The summed E-state index contributed by atoms with van der Waals surface area (Å²) >= 11 is 0. The van der Waals surface area contributed by atoms with Gasteiger partial charge in [0.2, 0.25) is 0 Å². The highest BCUT2D eigenvalue weighted by molar-refractivity contribution is 5.86. The van der Waals surface area contributed by atoms with Crippen LogP contribution in [0.4, 0.5) is 4.79 Å². The Balaban J connectivity index is 1.12. The highest BCUT2D eigenvalue weighted by Crippen LogP contribution is 2.40. The minimum atomic E-state index is -1.13. The van der Waals surface area contributed by atoms with Gasteiger partial charge in [0.1, 0.15) is 0 Å². The molecule has 0 spiro atoms. The van der Waals surface area contributed by atoms with Crippen LogP contribution in [0.25, 0.3) is 0 Å². The van der Waals surface area contributed by atoms with Gasteiger partial charge in [-0.05, 0) is 60.6 Å². The van der Waals surface area contributed by atoms with Crippen LogP contribution in [-0.4, -0.2) is 51.0 Å². The fourth-order valence-corrected chi connectivity index (χ4v) is 5.64. The fourth-order valence-electron chi connectivity index (χ4n) is 5.64. The first-order valence-corrected chi connectivity index (χ1v) is 11.4. The van der Waals surface area contributed by atoms with Gasteiger partial charge in [-0.2, -0.15) is 9.78 Å². The molecule has 164 valence electrons. The molecule has 2 heterocycles. The number of nitrogens with zero attached hydrogens (tertiary/aromatic N) is 3. The van der Waals surface area contributed by atoms with E-state index in [1.54, 1.807) is 4.90 Å². The summed E-state index contributed by atoms with van der Waals surface area (Å²) in [6.45, 7) is 2.02. The van der Waals surface area contributed by atoms with Gasteiger partial charge in [-0.1, -0.05) is 37.1 Å². The minimum Gasteiger partial charge on any atom is -0.476 e. The summed E-state index contributed by atoms with van der Waals surface area (Å²) in [5.74, 6) is 0.468. The predicted octanol–water partition coefficient (Wildman–Crippen LogP) is 4.13. The lowest BCUT2D eigenvalue weighted by Crippen LogP contribution is -2.34. The summed E-state index contributed by atoms with van der Waals surface area (Å²) in [4.78, 5) is 25.4. The molecule has 1 unspecified atom stereocenters. The standard InChI is InChI=1S/C24H29N3O4/c28-23(29)22-8-9-27(25-22)24(30)26-13-19-11-21(12-20(19)14-26)31-15-16-4-3-7-18(10-16)17-5-1-2-6-17/h3-4,7-10,17,19-21H,1-2,5-6,11-15H2,(H,28,29)/t19-,20+,21?. The lowest BCUT2D eigenvalue weighted by atomic mass is 9.96. The van der Waals surface area contributed by atoms with Gasteiger partial charge in [0.25, 0.3) is 0 Å². The van der Waals surface area contributed by atoms with Crippen LogP contribution in [0.1, 0.15) is 66.1 Å². The Morgan fingerprint density at radius 1 is 1.10 bits per heavy atom. The number of carboxylic acids is 1. The van der Waals surface area contributed by atoms with Gasteiger partial charge in [0.15, 0.2) is 5.69 Å². The van der Waals surface area contributed by atoms with Crippen molar-refractivity contribution < 1.29 is 19.4 Å². The van der Waals surface area contributed by atoms with E-state index in [9.17, 15) is 9.59 Å². The van der Waals surface area contributed by atoms with Gasteiger partial charge in [0, 0.05) is 19.3 Å². The van der Waals surface area contributed by atoms with Crippen molar-refractivity contribution in [3.8, 4) is 0 Å². The first-order chi connectivity index (χ1) is 15.1. The van der Waals surface area contributed by atoms with Crippen molar-refractivity contribution in [1.29, 1.82) is 0 Å². The van der Waals surface area contributed by atoms with Gasteiger partial charge in [0.05, 0.1) is 12.7 Å². The maximum absolute atomic E-state index is 12.6. The van der Waals surface area contributed by atoms with Crippen molar-refractivity contribution in [2.75, 3.05) is 13.1 Å². The van der Waals surface area contributed by atoms with Crippen molar-refractivity contribution in [2.24, 2.45) is 11.8 Å². The molecule has 1 saturated heterocycles. The number of hydrogen-bond acceptors (Lipinski definition) is 4. The van der Waals surface area contributed by atoms with Crippen LogP contribution in [0, 0.1) is 11.8 Å². The Kier molecular flexibility index (Phi) is 5.52. The number of aromatic carboxylic acids is 1. The Labute approximate surface area is 182 Å². The van der Waals surface area contributed by atoms with Crippen LogP contribution in [0.15, 0.2) is 36.5 Å². The van der Waals surface area contributed by atoms with E-state index in [-0.39, 0.29) is 17.8 Å². The van der Waals surface area contributed by atoms with E-state index in [1.807, 2.05) is 0 Å². The van der Waals surface area contributed by atoms with E-state index >= 15 is 0 Å². The molecular formula is C24H29N3O4. The molecule has 1 aliphatic heterocycles. The van der Waals surface area contributed by atoms with E-state index in [0.29, 0.717) is 31.5 Å². The normalized spacial score (nSPS) is 25.8. The number of carbonyl (C=O) groups excluding carboxylic acids is 1. The molecule has 2 aliphatic carbocycles. The third kappa shape index (κ3) is 4.24. The maximum Gasteiger partial charge on any atom is 0.356 e. The highest BCUT2D eigenvalue weighted by atomic mass is 16.5. The number of fused-ring (bicyclic) bond motifs is 1. The molecule has 2 saturated carbocycles. The van der Waals surface area contributed by atoms with E-state index in [2.05, 4.69) is 29.4 Å². The number of carbonyl (C=O) groups is 2. The van der Waals surface area contributed by atoms with Crippen LogP contribution >= 0.6 is 0 Å². The highest BCUT2D eigenvalue weighted by Gasteiger charge is 2.43. The van der Waals surface area contributed by atoms with Crippen molar-refractivity contribution in [3.05, 3.63) is 53.3 Å². The molecule has 3 atom stereocenters. The second-order valence-electron chi connectivity index (χ2n) is 9.29. The molecule has 1 amide bonds. The summed E-state index contributed by atoms with van der Waals surface area (Å²) in [5, 5.41) is 12.9. The number of amides is 1. The van der Waals surface area contributed by atoms with Crippen molar-refractivity contribution >= 4 is 12.0 Å². The van der Waals surface area contributed by atoms with Crippen LogP contribution in [0.2, 0.25) is 0 Å². The first-order valence-electron chi connectivity index (χ1n) is 11.4. The zero-order valence-electron chi connectivity index (χ0n) is 17.7. The second-order valence-corrected chi connectivity index (χ2v) is 9.29. The lowest BCUT2D eigenvalue weighted by molar-refractivity contribution is 0.0383. The predicted molar refractivity (Wildman–Crippen MR) is 114 cm³/mol. The maximum atomic E-state index is 12.6. The molecule has 5 rings (SSSR count). The molecule has 1 N–H and O–H groups in total. The molecule has 7 nitrogen and oxygen atoms in total. The van der Waals surface area contributed by atoms with Crippen LogP contribution in [0.5, 0.6) is 0 Å². The first kappa shape index (κ1) is 20.2. The molecular weight excluding hydrogens is 394 g/mol. The monoisotopic (exact) mass is 423 g/mol. The molecule has 1 aromatic carbocycles. The summed E-state index contributed by atoms with van der Waals surface area (Å²) in [6.07, 6.45) is 8.90. The third-order valence-electron chi connectivity index (χ3n) is 7.25. The van der Waals surface area contributed by atoms with Crippen molar-refractivity contribution in [1.82, 2.24) is 14.7 Å². The number of likely N-dealkylation sites (tertiary alicyclic amines) is 1. The van der Waals surface area contributed by atoms with Crippen molar-refractivity contribution in [3.63, 3.8) is 0 Å². The number of aromatic nitrogens is 2. The average molecular weight is 424 g/mol. The lowest BCUT2D eigenvalue weighted by Gasteiger charge is -2.19. The zero-order valence-corrected chi connectivity index (χ0v) is 17.7.